The minimum absolute atomic E-state index is 0.116. The molecule has 4 nitrogen and oxygen atoms in total. The summed E-state index contributed by atoms with van der Waals surface area (Å²) in [5, 5.41) is 15.9. The zero-order valence-electron chi connectivity index (χ0n) is 12.0. The predicted molar refractivity (Wildman–Crippen MR) is 80.3 cm³/mol. The van der Waals surface area contributed by atoms with Crippen LogP contribution in [0.4, 0.5) is 0 Å². The van der Waals surface area contributed by atoms with Crippen molar-refractivity contribution in [2.45, 2.75) is 38.4 Å². The van der Waals surface area contributed by atoms with Gasteiger partial charge in [0.05, 0.1) is 13.2 Å². The molecule has 0 aromatic heterocycles. The molecule has 0 atom stereocenters. The topological polar surface area (TPSA) is 56.7 Å². The predicted octanol–water partition coefficient (Wildman–Crippen LogP) is 1.46. The zero-order valence-corrected chi connectivity index (χ0v) is 12.9. The molecule has 0 unspecified atom stereocenters. The quantitative estimate of drug-likeness (QED) is 0.485. The van der Waals surface area contributed by atoms with Gasteiger partial charge in [0.2, 0.25) is 0 Å². The van der Waals surface area contributed by atoms with Crippen molar-refractivity contribution in [1.29, 1.82) is 0 Å². The smallest absolute Gasteiger partial charge is 0.191 e. The molecule has 1 aliphatic rings. The van der Waals surface area contributed by atoms with Gasteiger partial charge >= 0.3 is 0 Å². The fraction of sp³-hybridized carbons (Fsp3) is 0.923. The van der Waals surface area contributed by atoms with Crippen molar-refractivity contribution in [3.05, 3.63) is 0 Å². The molecular weight excluding hydrogens is 246 g/mol. The molecule has 0 bridgehead atoms. The van der Waals surface area contributed by atoms with E-state index in [4.69, 9.17) is 0 Å². The van der Waals surface area contributed by atoms with Crippen LogP contribution in [0.3, 0.4) is 0 Å². The summed E-state index contributed by atoms with van der Waals surface area (Å²) in [5.74, 6) is 0.861. The first kappa shape index (κ1) is 15.6. The van der Waals surface area contributed by atoms with E-state index in [-0.39, 0.29) is 16.8 Å². The van der Waals surface area contributed by atoms with Gasteiger partial charge in [-0.25, -0.2) is 0 Å². The van der Waals surface area contributed by atoms with Gasteiger partial charge in [-0.15, -0.1) is 0 Å². The lowest BCUT2D eigenvalue weighted by atomic mass is 10.1. The Balaban J connectivity index is 2.46. The van der Waals surface area contributed by atoms with Crippen LogP contribution in [0.15, 0.2) is 4.99 Å². The van der Waals surface area contributed by atoms with Crippen LogP contribution in [0.2, 0.25) is 0 Å². The molecule has 0 aromatic carbocycles. The van der Waals surface area contributed by atoms with Crippen LogP contribution in [0.1, 0.15) is 33.6 Å². The van der Waals surface area contributed by atoms with E-state index in [2.05, 4.69) is 42.7 Å². The van der Waals surface area contributed by atoms with Crippen molar-refractivity contribution in [3.63, 3.8) is 0 Å². The minimum atomic E-state index is 0.116. The van der Waals surface area contributed by atoms with Crippen LogP contribution in [0.25, 0.3) is 0 Å². The first-order valence-electron chi connectivity index (χ1n) is 6.65. The molecule has 1 saturated carbocycles. The number of rotatable bonds is 7. The number of hydrogen-bond acceptors (Lipinski definition) is 3. The maximum absolute atomic E-state index is 9.29. The summed E-state index contributed by atoms with van der Waals surface area (Å²) in [5.41, 5.74) is 0.116. The van der Waals surface area contributed by atoms with Gasteiger partial charge in [0.1, 0.15) is 0 Å². The molecule has 0 saturated heterocycles. The summed E-state index contributed by atoms with van der Waals surface area (Å²) in [6.45, 7) is 9.19. The van der Waals surface area contributed by atoms with Gasteiger partial charge in [-0.2, -0.15) is 11.8 Å². The second-order valence-electron chi connectivity index (χ2n) is 5.67. The molecule has 18 heavy (non-hydrogen) atoms. The van der Waals surface area contributed by atoms with E-state index in [1.54, 1.807) is 0 Å². The Hall–Kier alpha value is -0.420. The summed E-state index contributed by atoms with van der Waals surface area (Å²) in [7, 11) is 0. The molecular formula is C13H27N3OS. The fourth-order valence-corrected chi connectivity index (χ4v) is 1.71. The summed E-state index contributed by atoms with van der Waals surface area (Å²) < 4.78 is 0.163. The average Bonchev–Trinajstić information content (AvgIpc) is 3.13. The maximum Gasteiger partial charge on any atom is 0.191 e. The monoisotopic (exact) mass is 273 g/mol. The number of nitrogens with one attached hydrogen (secondary N) is 2. The van der Waals surface area contributed by atoms with E-state index in [1.165, 1.54) is 0 Å². The van der Waals surface area contributed by atoms with Crippen molar-refractivity contribution in [3.8, 4) is 0 Å². The fourth-order valence-electron chi connectivity index (χ4n) is 1.51. The molecule has 0 spiro atoms. The third kappa shape index (κ3) is 5.06. The van der Waals surface area contributed by atoms with Crippen LogP contribution in [-0.4, -0.2) is 48.3 Å². The van der Waals surface area contributed by atoms with Crippen LogP contribution in [-0.2, 0) is 0 Å². The molecule has 0 radical (unpaired) electrons. The molecule has 106 valence electrons. The third-order valence-electron chi connectivity index (χ3n) is 3.44. The van der Waals surface area contributed by atoms with Crippen molar-refractivity contribution >= 4 is 17.7 Å². The largest absolute Gasteiger partial charge is 0.396 e. The Morgan fingerprint density at radius 1 is 1.39 bits per heavy atom. The SMILES string of the molecule is CCNC(=NCC(C)(C)SC)NCC1(CO)CC1. The van der Waals surface area contributed by atoms with Gasteiger partial charge in [0, 0.05) is 23.3 Å². The number of guanidine groups is 1. The highest BCUT2D eigenvalue weighted by atomic mass is 32.2. The van der Waals surface area contributed by atoms with Gasteiger partial charge in [0.25, 0.3) is 0 Å². The van der Waals surface area contributed by atoms with Gasteiger partial charge in [0.15, 0.2) is 5.96 Å². The van der Waals surface area contributed by atoms with E-state index in [0.717, 1.165) is 38.4 Å². The Morgan fingerprint density at radius 3 is 2.50 bits per heavy atom. The highest BCUT2D eigenvalue weighted by molar-refractivity contribution is 7.99. The highest BCUT2D eigenvalue weighted by Crippen LogP contribution is 2.44. The number of hydrogen-bond donors (Lipinski definition) is 3. The third-order valence-corrected chi connectivity index (χ3v) is 4.67. The number of nitrogens with zero attached hydrogens (tertiary/aromatic N) is 1. The second-order valence-corrected chi connectivity index (χ2v) is 7.18. The first-order valence-corrected chi connectivity index (χ1v) is 7.88. The maximum atomic E-state index is 9.29. The summed E-state index contributed by atoms with van der Waals surface area (Å²) in [4.78, 5) is 4.61. The summed E-state index contributed by atoms with van der Waals surface area (Å²) in [6.07, 6.45) is 4.35. The van der Waals surface area contributed by atoms with Crippen molar-refractivity contribution in [1.82, 2.24) is 10.6 Å². The van der Waals surface area contributed by atoms with E-state index >= 15 is 0 Å². The van der Waals surface area contributed by atoms with Gasteiger partial charge in [-0.1, -0.05) is 0 Å². The lowest BCUT2D eigenvalue weighted by Gasteiger charge is -2.21. The van der Waals surface area contributed by atoms with Gasteiger partial charge < -0.3 is 15.7 Å². The number of aliphatic hydroxyl groups is 1. The van der Waals surface area contributed by atoms with E-state index in [9.17, 15) is 5.11 Å². The zero-order chi connectivity index (χ0) is 13.6. The van der Waals surface area contributed by atoms with Crippen LogP contribution < -0.4 is 10.6 Å². The van der Waals surface area contributed by atoms with Crippen molar-refractivity contribution in [2.75, 3.05) is 32.5 Å². The summed E-state index contributed by atoms with van der Waals surface area (Å²) in [6, 6.07) is 0. The Bertz CT molecular complexity index is 288. The molecule has 1 aliphatic carbocycles. The van der Waals surface area contributed by atoms with Gasteiger partial charge in [-0.05, 0) is 39.9 Å². The minimum Gasteiger partial charge on any atom is -0.396 e. The number of thioether (sulfide) groups is 1. The molecule has 0 aliphatic heterocycles. The normalized spacial score (nSPS) is 18.6. The molecule has 1 rings (SSSR count). The molecule has 1 fully saturated rings. The molecule has 0 heterocycles. The van der Waals surface area contributed by atoms with Crippen LogP contribution in [0.5, 0.6) is 0 Å². The molecule has 5 heteroatoms. The molecule has 0 amide bonds. The van der Waals surface area contributed by atoms with E-state index in [1.807, 2.05) is 11.8 Å². The number of aliphatic imine (C=N–C) groups is 1. The lowest BCUT2D eigenvalue weighted by molar-refractivity contribution is 0.212. The van der Waals surface area contributed by atoms with E-state index in [0.29, 0.717) is 0 Å². The Kier molecular flexibility index (Phi) is 5.79. The lowest BCUT2D eigenvalue weighted by Crippen LogP contribution is -2.41. The molecule has 0 aromatic rings. The van der Waals surface area contributed by atoms with E-state index < -0.39 is 0 Å². The Morgan fingerprint density at radius 2 is 2.06 bits per heavy atom. The van der Waals surface area contributed by atoms with Crippen molar-refractivity contribution in [2.24, 2.45) is 10.4 Å². The second kappa shape index (κ2) is 6.66. The standard InChI is InChI=1S/C13H27N3OS/c1-5-14-11(15-8-12(2,3)18-4)16-9-13(10-17)6-7-13/h17H,5-10H2,1-4H3,(H2,14,15,16). The van der Waals surface area contributed by atoms with Crippen LogP contribution in [0, 0.1) is 5.41 Å². The average molecular weight is 273 g/mol. The first-order chi connectivity index (χ1) is 8.47. The number of aliphatic hydroxyl groups excluding tert-OH is 1. The Labute approximate surface area is 115 Å². The molecule has 3 N–H and O–H groups in total. The summed E-state index contributed by atoms with van der Waals surface area (Å²) >= 11 is 1.83. The highest BCUT2D eigenvalue weighted by Gasteiger charge is 2.41. The van der Waals surface area contributed by atoms with Crippen molar-refractivity contribution < 1.29 is 5.11 Å². The van der Waals surface area contributed by atoms with Crippen LogP contribution >= 0.6 is 11.8 Å². The van der Waals surface area contributed by atoms with Gasteiger partial charge in [-0.3, -0.25) is 4.99 Å².